The standard InChI is InChI=1S/C20H26N4OS2/c1-14(19(25)21-12-11-15-6-3-2-4-7-15)27-20-23-22-18(17-8-5-13-26-17)24(20)16-9-10-16/h5-6,8,13-14,16H,2-4,7,9-12H2,1H3,(H,21,25). The largest absolute Gasteiger partial charge is 0.355 e. The second kappa shape index (κ2) is 8.61. The Balaban J connectivity index is 1.35. The quantitative estimate of drug-likeness (QED) is 0.507. The van der Waals surface area contributed by atoms with Crippen molar-refractivity contribution >= 4 is 29.0 Å². The van der Waals surface area contributed by atoms with E-state index in [1.165, 1.54) is 55.9 Å². The van der Waals surface area contributed by atoms with Gasteiger partial charge in [-0.25, -0.2) is 0 Å². The van der Waals surface area contributed by atoms with E-state index in [2.05, 4.69) is 37.6 Å². The van der Waals surface area contributed by atoms with Gasteiger partial charge in [-0.05, 0) is 63.3 Å². The number of amides is 1. The second-order valence-electron chi connectivity index (χ2n) is 7.29. The number of nitrogens with one attached hydrogen (secondary N) is 1. The molecule has 27 heavy (non-hydrogen) atoms. The Morgan fingerprint density at radius 2 is 2.30 bits per heavy atom. The summed E-state index contributed by atoms with van der Waals surface area (Å²) in [5, 5.41) is 14.7. The first-order valence-electron chi connectivity index (χ1n) is 9.83. The number of rotatable bonds is 8. The minimum atomic E-state index is -0.178. The van der Waals surface area contributed by atoms with Crippen molar-refractivity contribution in [1.82, 2.24) is 20.1 Å². The molecular formula is C20H26N4OS2. The molecule has 0 bridgehead atoms. The molecule has 0 saturated heterocycles. The zero-order valence-electron chi connectivity index (χ0n) is 15.7. The van der Waals surface area contributed by atoms with Crippen LogP contribution in [0.4, 0.5) is 0 Å². The first-order chi connectivity index (χ1) is 13.2. The number of nitrogens with zero attached hydrogens (tertiary/aromatic N) is 3. The summed E-state index contributed by atoms with van der Waals surface area (Å²) in [6, 6.07) is 4.60. The molecule has 2 aromatic heterocycles. The third-order valence-corrected chi connectivity index (χ3v) is 7.02. The van der Waals surface area contributed by atoms with Gasteiger partial charge in [0.2, 0.25) is 5.91 Å². The molecule has 1 amide bonds. The smallest absolute Gasteiger partial charge is 0.233 e. The van der Waals surface area contributed by atoms with Crippen molar-refractivity contribution < 1.29 is 4.79 Å². The highest BCUT2D eigenvalue weighted by Crippen LogP contribution is 2.42. The lowest BCUT2D eigenvalue weighted by atomic mass is 9.97. The van der Waals surface area contributed by atoms with Crippen molar-refractivity contribution in [3.8, 4) is 10.7 Å². The van der Waals surface area contributed by atoms with Gasteiger partial charge in [0.1, 0.15) is 0 Å². The van der Waals surface area contributed by atoms with Crippen LogP contribution >= 0.6 is 23.1 Å². The van der Waals surface area contributed by atoms with E-state index in [9.17, 15) is 4.79 Å². The third-order valence-electron chi connectivity index (χ3n) is 5.10. The van der Waals surface area contributed by atoms with Crippen LogP contribution in [0.5, 0.6) is 0 Å². The van der Waals surface area contributed by atoms with E-state index in [1.54, 1.807) is 11.3 Å². The molecule has 0 aromatic carbocycles. The predicted molar refractivity (Wildman–Crippen MR) is 111 cm³/mol. The normalized spacial score (nSPS) is 18.2. The molecule has 1 N–H and O–H groups in total. The van der Waals surface area contributed by atoms with E-state index in [1.807, 2.05) is 13.0 Å². The summed E-state index contributed by atoms with van der Waals surface area (Å²) >= 11 is 3.20. The Labute approximate surface area is 168 Å². The summed E-state index contributed by atoms with van der Waals surface area (Å²) < 4.78 is 2.23. The summed E-state index contributed by atoms with van der Waals surface area (Å²) in [7, 11) is 0. The lowest BCUT2D eigenvalue weighted by molar-refractivity contribution is -0.120. The molecule has 4 rings (SSSR count). The second-order valence-corrected chi connectivity index (χ2v) is 9.55. The Kier molecular flexibility index (Phi) is 5.98. The van der Waals surface area contributed by atoms with Gasteiger partial charge in [0.15, 0.2) is 11.0 Å². The Bertz CT molecular complexity index is 808. The fraction of sp³-hybridized carbons (Fsp3) is 0.550. The number of thiophene rings is 1. The van der Waals surface area contributed by atoms with Crippen LogP contribution in [0.25, 0.3) is 10.7 Å². The van der Waals surface area contributed by atoms with Crippen molar-refractivity contribution in [2.24, 2.45) is 0 Å². The van der Waals surface area contributed by atoms with E-state index in [0.717, 1.165) is 28.8 Å². The zero-order chi connectivity index (χ0) is 18.6. The summed E-state index contributed by atoms with van der Waals surface area (Å²) in [6.45, 7) is 2.68. The fourth-order valence-electron chi connectivity index (χ4n) is 3.43. The summed E-state index contributed by atoms with van der Waals surface area (Å²) in [5.41, 5.74) is 1.50. The molecule has 2 aliphatic carbocycles. The Morgan fingerprint density at radius 1 is 1.41 bits per heavy atom. The maximum Gasteiger partial charge on any atom is 0.233 e. The van der Waals surface area contributed by atoms with Gasteiger partial charge in [-0.1, -0.05) is 29.5 Å². The molecule has 144 valence electrons. The van der Waals surface area contributed by atoms with Crippen LogP contribution in [0.3, 0.4) is 0 Å². The van der Waals surface area contributed by atoms with E-state index in [4.69, 9.17) is 0 Å². The van der Waals surface area contributed by atoms with E-state index in [-0.39, 0.29) is 11.2 Å². The Morgan fingerprint density at radius 3 is 3.00 bits per heavy atom. The molecule has 2 aliphatic rings. The number of hydrogen-bond acceptors (Lipinski definition) is 5. The number of allylic oxidation sites excluding steroid dienone is 1. The monoisotopic (exact) mass is 402 g/mol. The summed E-state index contributed by atoms with van der Waals surface area (Å²) in [6.07, 6.45) is 10.6. The van der Waals surface area contributed by atoms with Gasteiger partial charge >= 0.3 is 0 Å². The molecule has 7 heteroatoms. The first kappa shape index (κ1) is 18.7. The van der Waals surface area contributed by atoms with E-state index < -0.39 is 0 Å². The zero-order valence-corrected chi connectivity index (χ0v) is 17.3. The molecule has 1 unspecified atom stereocenters. The third kappa shape index (κ3) is 4.63. The first-order valence-corrected chi connectivity index (χ1v) is 11.6. The van der Waals surface area contributed by atoms with Crippen LogP contribution < -0.4 is 5.32 Å². The average Bonchev–Trinajstić information content (AvgIpc) is 3.21. The molecule has 2 heterocycles. The summed E-state index contributed by atoms with van der Waals surface area (Å²) in [5.74, 6) is 1.02. The lowest BCUT2D eigenvalue weighted by Crippen LogP contribution is -2.32. The highest BCUT2D eigenvalue weighted by atomic mass is 32.2. The van der Waals surface area contributed by atoms with Crippen LogP contribution in [0.1, 0.15) is 57.9 Å². The number of carbonyl (C=O) groups is 1. The molecule has 0 radical (unpaired) electrons. The lowest BCUT2D eigenvalue weighted by Gasteiger charge is -2.15. The van der Waals surface area contributed by atoms with E-state index in [0.29, 0.717) is 6.04 Å². The van der Waals surface area contributed by atoms with Gasteiger partial charge in [0.25, 0.3) is 0 Å². The number of thioether (sulfide) groups is 1. The van der Waals surface area contributed by atoms with Gasteiger partial charge < -0.3 is 5.32 Å². The maximum absolute atomic E-state index is 12.5. The number of aromatic nitrogens is 3. The maximum atomic E-state index is 12.5. The fourth-order valence-corrected chi connectivity index (χ4v) is 5.08. The predicted octanol–water partition coefficient (Wildman–Crippen LogP) is 4.83. The van der Waals surface area contributed by atoms with Crippen molar-refractivity contribution in [2.75, 3.05) is 6.54 Å². The minimum Gasteiger partial charge on any atom is -0.355 e. The number of hydrogen-bond donors (Lipinski definition) is 1. The van der Waals surface area contributed by atoms with Crippen molar-refractivity contribution in [2.45, 2.75) is 68.3 Å². The minimum absolute atomic E-state index is 0.0828. The highest BCUT2D eigenvalue weighted by Gasteiger charge is 2.31. The van der Waals surface area contributed by atoms with Crippen LogP contribution in [-0.4, -0.2) is 32.5 Å². The van der Waals surface area contributed by atoms with Crippen LogP contribution in [0.15, 0.2) is 34.3 Å². The van der Waals surface area contributed by atoms with Crippen molar-refractivity contribution in [3.63, 3.8) is 0 Å². The topological polar surface area (TPSA) is 59.8 Å². The molecule has 1 fully saturated rings. The van der Waals surface area contributed by atoms with Crippen LogP contribution in [0.2, 0.25) is 0 Å². The van der Waals surface area contributed by atoms with E-state index >= 15 is 0 Å². The van der Waals surface area contributed by atoms with Gasteiger partial charge in [0.05, 0.1) is 10.1 Å². The molecular weight excluding hydrogens is 376 g/mol. The molecule has 0 spiro atoms. The van der Waals surface area contributed by atoms with Crippen molar-refractivity contribution in [1.29, 1.82) is 0 Å². The SMILES string of the molecule is CC(Sc1nnc(-c2cccs2)n1C1CC1)C(=O)NCCC1=CCCCC1. The van der Waals surface area contributed by atoms with Crippen LogP contribution in [-0.2, 0) is 4.79 Å². The van der Waals surface area contributed by atoms with Gasteiger partial charge in [-0.2, -0.15) is 0 Å². The highest BCUT2D eigenvalue weighted by molar-refractivity contribution is 8.00. The molecule has 5 nitrogen and oxygen atoms in total. The van der Waals surface area contributed by atoms with Gasteiger partial charge in [0, 0.05) is 12.6 Å². The van der Waals surface area contributed by atoms with Gasteiger partial charge in [-0.3, -0.25) is 9.36 Å². The van der Waals surface area contributed by atoms with Crippen molar-refractivity contribution in [3.05, 3.63) is 29.2 Å². The van der Waals surface area contributed by atoms with Gasteiger partial charge in [-0.15, -0.1) is 21.5 Å². The molecule has 2 aromatic rings. The molecule has 0 aliphatic heterocycles. The molecule has 1 atom stereocenters. The molecule has 1 saturated carbocycles. The van der Waals surface area contributed by atoms with Crippen LogP contribution in [0, 0.1) is 0 Å². The average molecular weight is 403 g/mol. The number of carbonyl (C=O) groups excluding carboxylic acids is 1. The summed E-state index contributed by atoms with van der Waals surface area (Å²) in [4.78, 5) is 13.7. The Hall–Kier alpha value is -1.60.